The van der Waals surface area contributed by atoms with Gasteiger partial charge in [-0.05, 0) is 48.9 Å². The van der Waals surface area contributed by atoms with Crippen molar-refractivity contribution < 1.29 is 4.74 Å². The van der Waals surface area contributed by atoms with Gasteiger partial charge in [0.05, 0.1) is 22.5 Å². The van der Waals surface area contributed by atoms with Crippen molar-refractivity contribution in [2.24, 2.45) is 0 Å². The molecule has 0 saturated heterocycles. The number of hydrogen-bond donors (Lipinski definition) is 0. The summed E-state index contributed by atoms with van der Waals surface area (Å²) in [5, 5.41) is 9.38. The van der Waals surface area contributed by atoms with Crippen LogP contribution in [-0.4, -0.2) is 31.0 Å². The molecule has 0 aliphatic heterocycles. The fraction of sp³-hybridized carbons (Fsp3) is 0.188. The van der Waals surface area contributed by atoms with Crippen LogP contribution in [0.1, 0.15) is 38.2 Å². The number of hydrogen-bond acceptors (Lipinski definition) is 6. The lowest BCUT2D eigenvalue weighted by atomic mass is 10.1. The highest BCUT2D eigenvalue weighted by atomic mass is 32.1. The molecular formula is C32H29N5O2S. The zero-order valence-corrected chi connectivity index (χ0v) is 23.1. The Labute approximate surface area is 236 Å². The van der Waals surface area contributed by atoms with Crippen LogP contribution in [0, 0.1) is 0 Å². The SMILES string of the molecule is CCCCCCOc1ccc(-c2nc3s/c(=C\c4cn(-c5ccccc5)nc4-c4ccccc4)c(=O)n3n2)cc1. The van der Waals surface area contributed by atoms with E-state index in [1.165, 1.54) is 35.1 Å². The van der Waals surface area contributed by atoms with Gasteiger partial charge in [-0.3, -0.25) is 4.79 Å². The highest BCUT2D eigenvalue weighted by Crippen LogP contribution is 2.25. The Kier molecular flexibility index (Phi) is 7.50. The molecule has 0 atom stereocenters. The summed E-state index contributed by atoms with van der Waals surface area (Å²) in [5.74, 6) is 1.35. The Bertz CT molecular complexity index is 1820. The minimum atomic E-state index is -0.197. The Morgan fingerprint density at radius 2 is 1.60 bits per heavy atom. The zero-order valence-electron chi connectivity index (χ0n) is 22.2. The maximum absolute atomic E-state index is 13.3. The van der Waals surface area contributed by atoms with Gasteiger partial charge in [0, 0.05) is 22.9 Å². The van der Waals surface area contributed by atoms with Crippen molar-refractivity contribution in [2.75, 3.05) is 6.61 Å². The average Bonchev–Trinajstić information content (AvgIpc) is 3.69. The van der Waals surface area contributed by atoms with E-state index in [0.717, 1.165) is 40.2 Å². The zero-order chi connectivity index (χ0) is 27.3. The first kappa shape index (κ1) is 25.7. The third kappa shape index (κ3) is 5.44. The maximum atomic E-state index is 13.3. The van der Waals surface area contributed by atoms with Crippen LogP contribution >= 0.6 is 11.3 Å². The van der Waals surface area contributed by atoms with Crippen LogP contribution in [0.4, 0.5) is 0 Å². The smallest absolute Gasteiger partial charge is 0.291 e. The summed E-state index contributed by atoms with van der Waals surface area (Å²) in [7, 11) is 0. The summed E-state index contributed by atoms with van der Waals surface area (Å²) >= 11 is 1.32. The van der Waals surface area contributed by atoms with E-state index in [1.54, 1.807) is 0 Å². The van der Waals surface area contributed by atoms with Crippen LogP contribution in [0.5, 0.6) is 5.75 Å². The average molecular weight is 548 g/mol. The minimum absolute atomic E-state index is 0.197. The Balaban J connectivity index is 1.29. The van der Waals surface area contributed by atoms with Gasteiger partial charge in [0.15, 0.2) is 5.82 Å². The number of unbranched alkanes of at least 4 members (excludes halogenated alkanes) is 3. The molecule has 0 amide bonds. The van der Waals surface area contributed by atoms with Crippen LogP contribution in [0.2, 0.25) is 0 Å². The summed E-state index contributed by atoms with van der Waals surface area (Å²) < 4.78 is 9.62. The number of fused-ring (bicyclic) bond motifs is 1. The Hall–Kier alpha value is -4.56. The van der Waals surface area contributed by atoms with E-state index in [0.29, 0.717) is 21.9 Å². The van der Waals surface area contributed by atoms with Crippen LogP contribution in [0.25, 0.3) is 39.4 Å². The molecule has 0 spiro atoms. The van der Waals surface area contributed by atoms with E-state index in [2.05, 4.69) is 17.0 Å². The predicted octanol–water partition coefficient (Wildman–Crippen LogP) is 6.18. The molecule has 0 aliphatic rings. The van der Waals surface area contributed by atoms with Crippen molar-refractivity contribution in [3.8, 4) is 34.1 Å². The topological polar surface area (TPSA) is 74.3 Å². The molecule has 0 bridgehead atoms. The summed E-state index contributed by atoms with van der Waals surface area (Å²) in [4.78, 5) is 18.6. The standard InChI is InChI=1S/C32H29N5O2S/c1-2-3-4-11-20-39-27-18-16-24(17-19-27)30-33-32-37(35-30)31(38)28(40-32)21-25-22-36(26-14-9-6-10-15-26)34-29(25)23-12-7-5-8-13-23/h5-10,12-19,21-22H,2-4,11,20H2,1H3/b28-21-. The third-order valence-electron chi connectivity index (χ3n) is 6.66. The first-order valence-electron chi connectivity index (χ1n) is 13.5. The Morgan fingerprint density at radius 3 is 2.33 bits per heavy atom. The normalized spacial score (nSPS) is 11.9. The van der Waals surface area contributed by atoms with E-state index >= 15 is 0 Å². The largest absolute Gasteiger partial charge is 0.494 e. The molecule has 6 aromatic rings. The second-order valence-electron chi connectivity index (χ2n) is 9.56. The molecule has 3 heterocycles. The number of ether oxygens (including phenoxy) is 1. The summed E-state index contributed by atoms with van der Waals surface area (Å²) in [6.07, 6.45) is 8.51. The fourth-order valence-corrected chi connectivity index (χ4v) is 5.44. The van der Waals surface area contributed by atoms with Crippen molar-refractivity contribution in [3.05, 3.63) is 112 Å². The molecule has 0 saturated carbocycles. The second kappa shape index (κ2) is 11.7. The molecule has 40 heavy (non-hydrogen) atoms. The molecule has 0 radical (unpaired) electrons. The lowest BCUT2D eigenvalue weighted by Gasteiger charge is -2.06. The highest BCUT2D eigenvalue weighted by Gasteiger charge is 2.15. The summed E-state index contributed by atoms with van der Waals surface area (Å²) in [6.45, 7) is 2.92. The molecule has 8 heteroatoms. The highest BCUT2D eigenvalue weighted by molar-refractivity contribution is 7.15. The summed E-state index contributed by atoms with van der Waals surface area (Å²) in [6, 6.07) is 27.6. The quantitative estimate of drug-likeness (QED) is 0.192. The predicted molar refractivity (Wildman–Crippen MR) is 160 cm³/mol. The summed E-state index contributed by atoms with van der Waals surface area (Å²) in [5.41, 5.74) is 4.22. The van der Waals surface area contributed by atoms with E-state index < -0.39 is 0 Å². The van der Waals surface area contributed by atoms with Gasteiger partial charge in [0.1, 0.15) is 5.75 Å². The number of nitrogens with zero attached hydrogens (tertiary/aromatic N) is 5. The molecule has 0 N–H and O–H groups in total. The van der Waals surface area contributed by atoms with Crippen LogP contribution < -0.4 is 14.8 Å². The Morgan fingerprint density at radius 1 is 0.850 bits per heavy atom. The van der Waals surface area contributed by atoms with Crippen molar-refractivity contribution in [3.63, 3.8) is 0 Å². The first-order valence-corrected chi connectivity index (χ1v) is 14.4. The molecule has 7 nitrogen and oxygen atoms in total. The van der Waals surface area contributed by atoms with Crippen LogP contribution in [0.3, 0.4) is 0 Å². The van der Waals surface area contributed by atoms with Crippen LogP contribution in [-0.2, 0) is 0 Å². The van der Waals surface area contributed by atoms with E-state index in [9.17, 15) is 4.79 Å². The second-order valence-corrected chi connectivity index (χ2v) is 10.6. The van der Waals surface area contributed by atoms with Gasteiger partial charge in [0.2, 0.25) is 4.96 Å². The van der Waals surface area contributed by atoms with Crippen LogP contribution in [0.15, 0.2) is 95.9 Å². The van der Waals surface area contributed by atoms with E-state index in [4.69, 9.17) is 9.84 Å². The molecule has 200 valence electrons. The van der Waals surface area contributed by atoms with E-state index in [1.807, 2.05) is 102 Å². The van der Waals surface area contributed by atoms with Gasteiger partial charge in [-0.1, -0.05) is 86.1 Å². The number of thiazole rings is 1. The molecular weight excluding hydrogens is 518 g/mol. The first-order chi connectivity index (χ1) is 19.7. The number of para-hydroxylation sites is 1. The van der Waals surface area contributed by atoms with Gasteiger partial charge in [-0.25, -0.2) is 4.68 Å². The fourth-order valence-electron chi connectivity index (χ4n) is 4.54. The molecule has 3 aromatic heterocycles. The van der Waals surface area contributed by atoms with Gasteiger partial charge in [-0.2, -0.15) is 14.6 Å². The monoisotopic (exact) mass is 547 g/mol. The van der Waals surface area contributed by atoms with E-state index in [-0.39, 0.29) is 5.56 Å². The molecule has 0 unspecified atom stereocenters. The number of rotatable bonds is 10. The lowest BCUT2D eigenvalue weighted by Crippen LogP contribution is -2.23. The van der Waals surface area contributed by atoms with Crippen molar-refractivity contribution in [1.29, 1.82) is 0 Å². The minimum Gasteiger partial charge on any atom is -0.494 e. The van der Waals surface area contributed by atoms with Crippen molar-refractivity contribution in [2.45, 2.75) is 32.6 Å². The molecule has 3 aromatic carbocycles. The third-order valence-corrected chi connectivity index (χ3v) is 7.62. The van der Waals surface area contributed by atoms with Gasteiger partial charge >= 0.3 is 0 Å². The van der Waals surface area contributed by atoms with Crippen molar-refractivity contribution in [1.82, 2.24) is 24.4 Å². The molecule has 0 fully saturated rings. The lowest BCUT2D eigenvalue weighted by molar-refractivity contribution is 0.305. The molecule has 6 rings (SSSR count). The van der Waals surface area contributed by atoms with Gasteiger partial charge in [-0.15, -0.1) is 5.10 Å². The van der Waals surface area contributed by atoms with Gasteiger partial charge < -0.3 is 4.74 Å². The molecule has 0 aliphatic carbocycles. The maximum Gasteiger partial charge on any atom is 0.291 e. The number of aromatic nitrogens is 5. The number of benzene rings is 3. The van der Waals surface area contributed by atoms with Crippen molar-refractivity contribution >= 4 is 22.4 Å². The van der Waals surface area contributed by atoms with Gasteiger partial charge in [0.25, 0.3) is 5.56 Å².